The van der Waals surface area contributed by atoms with Gasteiger partial charge in [0.2, 0.25) is 0 Å². The Hall–Kier alpha value is -2.76. The lowest BCUT2D eigenvalue weighted by atomic mass is 9.72. The summed E-state index contributed by atoms with van der Waals surface area (Å²) in [6.45, 7) is 2.08. The van der Waals surface area contributed by atoms with Crippen LogP contribution in [0.15, 0.2) is 60.7 Å². The summed E-state index contributed by atoms with van der Waals surface area (Å²) in [5, 5.41) is 22.9. The number of rotatable bonds is 4. The zero-order valence-corrected chi connectivity index (χ0v) is 15.4. The summed E-state index contributed by atoms with van der Waals surface area (Å²) < 4.78 is 28.2. The number of hydrogen-bond acceptors (Lipinski definition) is 2. The summed E-state index contributed by atoms with van der Waals surface area (Å²) in [5.41, 5.74) is 2.37. The van der Waals surface area contributed by atoms with Gasteiger partial charge in [-0.05, 0) is 51.1 Å². The zero-order valence-electron chi connectivity index (χ0n) is 15.4. The fraction of sp³-hybridized carbons (Fsp3) is 0.130. The molecule has 0 saturated carbocycles. The van der Waals surface area contributed by atoms with Gasteiger partial charge in [-0.15, -0.1) is 0 Å². The summed E-state index contributed by atoms with van der Waals surface area (Å²) in [4.78, 5) is 0. The monoisotopic (exact) mass is 376 g/mol. The Morgan fingerprint density at radius 3 is 2.21 bits per heavy atom. The summed E-state index contributed by atoms with van der Waals surface area (Å²) in [5.74, 6) is -1.29. The molecule has 0 amide bonds. The van der Waals surface area contributed by atoms with Gasteiger partial charge in [0.25, 0.3) is 0 Å². The third-order valence-electron chi connectivity index (χ3n) is 5.13. The highest BCUT2D eigenvalue weighted by molar-refractivity contribution is 6.66. The van der Waals surface area contributed by atoms with Gasteiger partial charge < -0.3 is 10.0 Å². The highest BCUT2D eigenvalue weighted by Crippen LogP contribution is 2.37. The van der Waals surface area contributed by atoms with Gasteiger partial charge in [-0.25, -0.2) is 8.78 Å². The van der Waals surface area contributed by atoms with Crippen LogP contribution in [0.3, 0.4) is 0 Å². The minimum absolute atomic E-state index is 0.282. The maximum atomic E-state index is 14.7. The largest absolute Gasteiger partial charge is 0.489 e. The smallest absolute Gasteiger partial charge is 0.423 e. The summed E-state index contributed by atoms with van der Waals surface area (Å²) >= 11 is 0. The van der Waals surface area contributed by atoms with Crippen molar-refractivity contribution < 1.29 is 18.8 Å². The number of halogens is 2. The summed E-state index contributed by atoms with van der Waals surface area (Å²) in [6.07, 6.45) is 1.81. The molecule has 2 N–H and O–H groups in total. The Bertz CT molecular complexity index is 1190. The van der Waals surface area contributed by atoms with Crippen LogP contribution in [0.5, 0.6) is 0 Å². The van der Waals surface area contributed by atoms with Crippen LogP contribution in [0.2, 0.25) is 0 Å². The molecule has 0 atom stereocenters. The Morgan fingerprint density at radius 1 is 0.821 bits per heavy atom. The lowest BCUT2D eigenvalue weighted by Gasteiger charge is -2.18. The second kappa shape index (κ2) is 7.34. The molecule has 0 heterocycles. The van der Waals surface area contributed by atoms with E-state index in [9.17, 15) is 18.8 Å². The first kappa shape index (κ1) is 18.6. The van der Waals surface area contributed by atoms with Crippen molar-refractivity contribution in [1.29, 1.82) is 0 Å². The number of hydrogen-bond donors (Lipinski definition) is 2. The molecule has 0 aliphatic carbocycles. The standard InChI is InChI=1S/C23H19BF2O2/c1-2-5-14-8-10-17-20(12-14)23(24(27)28)18-7-4-3-6-16(18)22(17)19-11-9-15(25)13-21(19)26/h3-4,6-13,27-28H,2,5H2,1H3. The predicted molar refractivity (Wildman–Crippen MR) is 111 cm³/mol. The molecule has 4 aromatic rings. The van der Waals surface area contributed by atoms with Crippen molar-refractivity contribution >= 4 is 34.1 Å². The first-order chi connectivity index (χ1) is 13.5. The van der Waals surface area contributed by atoms with Gasteiger partial charge in [-0.2, -0.15) is 0 Å². The van der Waals surface area contributed by atoms with Gasteiger partial charge in [0.05, 0.1) is 0 Å². The molecule has 28 heavy (non-hydrogen) atoms. The van der Waals surface area contributed by atoms with Gasteiger partial charge in [-0.1, -0.05) is 55.8 Å². The molecule has 0 fully saturated rings. The first-order valence-electron chi connectivity index (χ1n) is 9.30. The lowest BCUT2D eigenvalue weighted by molar-refractivity contribution is 0.426. The second-order valence-corrected chi connectivity index (χ2v) is 6.96. The molecule has 0 aliphatic heterocycles. The van der Waals surface area contributed by atoms with Crippen LogP contribution in [-0.2, 0) is 6.42 Å². The highest BCUT2D eigenvalue weighted by Gasteiger charge is 2.23. The van der Waals surface area contributed by atoms with Crippen molar-refractivity contribution in [3.8, 4) is 11.1 Å². The summed E-state index contributed by atoms with van der Waals surface area (Å²) in [6, 6.07) is 16.6. The van der Waals surface area contributed by atoms with E-state index < -0.39 is 18.8 Å². The van der Waals surface area contributed by atoms with Gasteiger partial charge in [0, 0.05) is 17.2 Å². The molecule has 0 radical (unpaired) electrons. The van der Waals surface area contributed by atoms with E-state index in [1.54, 1.807) is 12.1 Å². The fourth-order valence-corrected chi connectivity index (χ4v) is 3.96. The maximum Gasteiger partial charge on any atom is 0.489 e. The van der Waals surface area contributed by atoms with Crippen LogP contribution >= 0.6 is 0 Å². The van der Waals surface area contributed by atoms with E-state index in [4.69, 9.17) is 0 Å². The van der Waals surface area contributed by atoms with Crippen molar-refractivity contribution in [1.82, 2.24) is 0 Å². The first-order valence-corrected chi connectivity index (χ1v) is 9.30. The summed E-state index contributed by atoms with van der Waals surface area (Å²) in [7, 11) is -1.67. The minimum Gasteiger partial charge on any atom is -0.423 e. The quantitative estimate of drug-likeness (QED) is 0.405. The van der Waals surface area contributed by atoms with Crippen LogP contribution in [0.25, 0.3) is 32.7 Å². The van der Waals surface area contributed by atoms with Gasteiger partial charge in [-0.3, -0.25) is 0 Å². The van der Waals surface area contributed by atoms with E-state index in [1.807, 2.05) is 30.3 Å². The van der Waals surface area contributed by atoms with E-state index in [0.29, 0.717) is 32.6 Å². The second-order valence-electron chi connectivity index (χ2n) is 6.96. The molecule has 2 nitrogen and oxygen atoms in total. The normalized spacial score (nSPS) is 11.3. The molecule has 0 aliphatic rings. The highest BCUT2D eigenvalue weighted by atomic mass is 19.1. The van der Waals surface area contributed by atoms with E-state index in [1.165, 1.54) is 12.1 Å². The zero-order chi connectivity index (χ0) is 19.8. The van der Waals surface area contributed by atoms with Crippen molar-refractivity contribution in [2.75, 3.05) is 0 Å². The van der Waals surface area contributed by atoms with Crippen molar-refractivity contribution in [2.45, 2.75) is 19.8 Å². The average Bonchev–Trinajstić information content (AvgIpc) is 2.66. The van der Waals surface area contributed by atoms with Crippen LogP contribution in [-0.4, -0.2) is 17.2 Å². The number of fused-ring (bicyclic) bond motifs is 2. The van der Waals surface area contributed by atoms with Crippen molar-refractivity contribution in [2.24, 2.45) is 0 Å². The fourth-order valence-electron chi connectivity index (χ4n) is 3.96. The average molecular weight is 376 g/mol. The minimum atomic E-state index is -1.67. The van der Waals surface area contributed by atoms with Crippen LogP contribution < -0.4 is 5.46 Å². The number of benzene rings is 4. The van der Waals surface area contributed by atoms with Gasteiger partial charge >= 0.3 is 7.12 Å². The van der Waals surface area contributed by atoms with Gasteiger partial charge in [0.15, 0.2) is 0 Å². The third kappa shape index (κ3) is 3.07. The van der Waals surface area contributed by atoms with Gasteiger partial charge in [0.1, 0.15) is 11.6 Å². The molecule has 0 aromatic heterocycles. The van der Waals surface area contributed by atoms with Crippen molar-refractivity contribution in [3.05, 3.63) is 77.9 Å². The topological polar surface area (TPSA) is 40.5 Å². The lowest BCUT2D eigenvalue weighted by Crippen LogP contribution is -2.31. The molecule has 0 spiro atoms. The Morgan fingerprint density at radius 2 is 1.54 bits per heavy atom. The molecule has 4 aromatic carbocycles. The van der Waals surface area contributed by atoms with E-state index in [2.05, 4.69) is 6.92 Å². The molecular formula is C23H19BF2O2. The van der Waals surface area contributed by atoms with E-state index in [0.717, 1.165) is 24.5 Å². The van der Waals surface area contributed by atoms with Crippen molar-refractivity contribution in [3.63, 3.8) is 0 Å². The molecule has 4 rings (SSSR count). The maximum absolute atomic E-state index is 14.7. The third-order valence-corrected chi connectivity index (χ3v) is 5.13. The molecule has 0 bridgehead atoms. The predicted octanol–water partition coefficient (Wildman–Crippen LogP) is 4.57. The van der Waals surface area contributed by atoms with Crippen LogP contribution in [0, 0.1) is 11.6 Å². The van der Waals surface area contributed by atoms with E-state index in [-0.39, 0.29) is 5.56 Å². The SMILES string of the molecule is CCCc1ccc2c(-c3ccc(F)cc3F)c3ccccc3c(B(O)O)c2c1. The molecule has 5 heteroatoms. The Balaban J connectivity index is 2.20. The Kier molecular flexibility index (Phi) is 4.88. The molecule has 0 unspecified atom stereocenters. The van der Waals surface area contributed by atoms with Crippen LogP contribution in [0.1, 0.15) is 18.9 Å². The molecular weight excluding hydrogens is 357 g/mol. The molecule has 0 saturated heterocycles. The number of aryl methyl sites for hydroxylation is 1. The molecule has 140 valence electrons. The van der Waals surface area contributed by atoms with E-state index >= 15 is 0 Å². The van der Waals surface area contributed by atoms with Crippen LogP contribution in [0.4, 0.5) is 8.78 Å². The Labute approximate surface area is 162 Å².